The van der Waals surface area contributed by atoms with E-state index in [1.165, 1.54) is 24.9 Å². The van der Waals surface area contributed by atoms with E-state index in [1.807, 2.05) is 10.9 Å². The third-order valence-electron chi connectivity index (χ3n) is 5.54. The first kappa shape index (κ1) is 12.1. The number of anilines is 1. The van der Waals surface area contributed by atoms with Crippen molar-refractivity contribution in [2.45, 2.75) is 59.5 Å². The highest BCUT2D eigenvalue weighted by molar-refractivity contribution is 5.42. The van der Waals surface area contributed by atoms with Crippen LogP contribution < -0.4 is 5.32 Å². The summed E-state index contributed by atoms with van der Waals surface area (Å²) in [6, 6.07) is 0.582. The second-order valence-electron chi connectivity index (χ2n) is 7.08. The van der Waals surface area contributed by atoms with Crippen molar-refractivity contribution in [2.24, 2.45) is 16.7 Å². The van der Waals surface area contributed by atoms with Gasteiger partial charge in [0.15, 0.2) is 0 Å². The van der Waals surface area contributed by atoms with Gasteiger partial charge in [-0.1, -0.05) is 20.8 Å². The molecule has 1 heterocycles. The molecule has 2 bridgehead atoms. The second kappa shape index (κ2) is 3.75. The predicted molar refractivity (Wildman–Crippen MR) is 74.5 cm³/mol. The Labute approximate surface area is 110 Å². The number of nitrogens with zero attached hydrogens (tertiary/aromatic N) is 2. The van der Waals surface area contributed by atoms with Gasteiger partial charge in [0.2, 0.25) is 0 Å². The van der Waals surface area contributed by atoms with Gasteiger partial charge in [0.1, 0.15) is 0 Å². The molecule has 18 heavy (non-hydrogen) atoms. The van der Waals surface area contributed by atoms with Crippen LogP contribution in [-0.4, -0.2) is 15.8 Å². The molecule has 3 rings (SSSR count). The molecule has 0 spiro atoms. The predicted octanol–water partition coefficient (Wildman–Crippen LogP) is 3.53. The van der Waals surface area contributed by atoms with Crippen molar-refractivity contribution in [1.29, 1.82) is 0 Å². The van der Waals surface area contributed by atoms with Crippen LogP contribution in [0.1, 0.15) is 47.0 Å². The Morgan fingerprint density at radius 3 is 2.78 bits per heavy atom. The Balaban J connectivity index is 1.83. The summed E-state index contributed by atoms with van der Waals surface area (Å²) in [7, 11) is 0. The molecule has 2 aliphatic carbocycles. The molecular formula is C15H25N3. The number of hydrogen-bond donors (Lipinski definition) is 1. The number of fused-ring (bicyclic) bond motifs is 2. The SMILES string of the molecule is CCn1cc(NC2C(C)(C)[C@H]3CC[C@]2(C)C3)cn1. The molecule has 3 atom stereocenters. The molecule has 0 saturated heterocycles. The minimum Gasteiger partial charge on any atom is -0.379 e. The first-order valence-electron chi connectivity index (χ1n) is 7.25. The van der Waals surface area contributed by atoms with Crippen molar-refractivity contribution < 1.29 is 0 Å². The van der Waals surface area contributed by atoms with Crippen molar-refractivity contribution in [1.82, 2.24) is 9.78 Å². The largest absolute Gasteiger partial charge is 0.379 e. The molecule has 3 heteroatoms. The zero-order chi connectivity index (χ0) is 13.0. The lowest BCUT2D eigenvalue weighted by molar-refractivity contribution is 0.155. The molecular weight excluding hydrogens is 222 g/mol. The number of rotatable bonds is 3. The standard InChI is InChI=1S/C15H25N3/c1-5-18-10-12(9-16-18)17-13-14(2,3)11-6-7-15(13,4)8-11/h9-11,13,17H,5-8H2,1-4H3/t11-,13?,15+/m0/s1. The van der Waals surface area contributed by atoms with Gasteiger partial charge in [0, 0.05) is 18.8 Å². The Bertz CT molecular complexity index is 444. The fraction of sp³-hybridized carbons (Fsp3) is 0.800. The number of aromatic nitrogens is 2. The zero-order valence-electron chi connectivity index (χ0n) is 12.0. The van der Waals surface area contributed by atoms with Crippen LogP contribution in [0.3, 0.4) is 0 Å². The number of hydrogen-bond acceptors (Lipinski definition) is 2. The van der Waals surface area contributed by atoms with Crippen LogP contribution in [0, 0.1) is 16.7 Å². The van der Waals surface area contributed by atoms with Crippen molar-refractivity contribution in [2.75, 3.05) is 5.32 Å². The molecule has 0 aliphatic heterocycles. The molecule has 2 aliphatic rings. The lowest BCUT2D eigenvalue weighted by Crippen LogP contribution is -2.45. The molecule has 3 nitrogen and oxygen atoms in total. The first-order chi connectivity index (χ1) is 8.45. The van der Waals surface area contributed by atoms with Gasteiger partial charge < -0.3 is 5.32 Å². The Morgan fingerprint density at radius 1 is 1.44 bits per heavy atom. The molecule has 0 amide bonds. The number of aryl methyl sites for hydroxylation is 1. The zero-order valence-corrected chi connectivity index (χ0v) is 12.0. The summed E-state index contributed by atoms with van der Waals surface area (Å²) >= 11 is 0. The van der Waals surface area contributed by atoms with Gasteiger partial charge in [0.05, 0.1) is 11.9 Å². The Kier molecular flexibility index (Phi) is 2.51. The maximum Gasteiger partial charge on any atom is 0.0729 e. The van der Waals surface area contributed by atoms with E-state index in [-0.39, 0.29) is 0 Å². The summed E-state index contributed by atoms with van der Waals surface area (Å²) in [6.07, 6.45) is 8.27. The van der Waals surface area contributed by atoms with Gasteiger partial charge in [-0.3, -0.25) is 4.68 Å². The minimum atomic E-state index is 0.404. The number of nitrogens with one attached hydrogen (secondary N) is 1. The lowest BCUT2D eigenvalue weighted by Gasteiger charge is -2.43. The third kappa shape index (κ3) is 1.59. The lowest BCUT2D eigenvalue weighted by atomic mass is 9.68. The topological polar surface area (TPSA) is 29.9 Å². The molecule has 0 aromatic carbocycles. The van der Waals surface area contributed by atoms with Crippen molar-refractivity contribution in [3.05, 3.63) is 12.4 Å². The summed E-state index contributed by atoms with van der Waals surface area (Å²) in [5.74, 6) is 0.890. The third-order valence-corrected chi connectivity index (χ3v) is 5.54. The molecule has 1 N–H and O–H groups in total. The van der Waals surface area contributed by atoms with Gasteiger partial charge >= 0.3 is 0 Å². The van der Waals surface area contributed by atoms with E-state index in [2.05, 4.69) is 44.3 Å². The summed E-state index contributed by atoms with van der Waals surface area (Å²) in [6.45, 7) is 10.4. The highest BCUT2D eigenvalue weighted by Crippen LogP contribution is 2.63. The van der Waals surface area contributed by atoms with Crippen LogP contribution in [0.2, 0.25) is 0 Å². The minimum absolute atomic E-state index is 0.404. The van der Waals surface area contributed by atoms with E-state index in [0.29, 0.717) is 16.9 Å². The molecule has 2 saturated carbocycles. The highest BCUT2D eigenvalue weighted by atomic mass is 15.3. The van der Waals surface area contributed by atoms with Crippen molar-refractivity contribution in [3.63, 3.8) is 0 Å². The van der Waals surface area contributed by atoms with Crippen LogP contribution in [0.15, 0.2) is 12.4 Å². The quantitative estimate of drug-likeness (QED) is 0.885. The van der Waals surface area contributed by atoms with Gasteiger partial charge in [-0.25, -0.2) is 0 Å². The second-order valence-corrected chi connectivity index (χ2v) is 7.08. The molecule has 1 aromatic heterocycles. The molecule has 100 valence electrons. The van der Waals surface area contributed by atoms with Crippen molar-refractivity contribution >= 4 is 5.69 Å². The fourth-order valence-corrected chi connectivity index (χ4v) is 4.44. The van der Waals surface area contributed by atoms with Crippen LogP contribution >= 0.6 is 0 Å². The van der Waals surface area contributed by atoms with Crippen molar-refractivity contribution in [3.8, 4) is 0 Å². The maximum absolute atomic E-state index is 4.36. The van der Waals surface area contributed by atoms with E-state index >= 15 is 0 Å². The normalized spacial score (nSPS) is 37.1. The van der Waals surface area contributed by atoms with Gasteiger partial charge in [-0.15, -0.1) is 0 Å². The molecule has 1 aromatic rings. The van der Waals surface area contributed by atoms with E-state index in [4.69, 9.17) is 0 Å². The van der Waals surface area contributed by atoms with Crippen LogP contribution in [0.4, 0.5) is 5.69 Å². The Hall–Kier alpha value is -0.990. The van der Waals surface area contributed by atoms with E-state index in [1.54, 1.807) is 0 Å². The molecule has 0 radical (unpaired) electrons. The first-order valence-corrected chi connectivity index (χ1v) is 7.25. The summed E-state index contributed by atoms with van der Waals surface area (Å²) < 4.78 is 1.99. The fourth-order valence-electron chi connectivity index (χ4n) is 4.44. The Morgan fingerprint density at radius 2 is 2.22 bits per heavy atom. The van der Waals surface area contributed by atoms with Crippen LogP contribution in [0.25, 0.3) is 0 Å². The molecule has 2 fully saturated rings. The van der Waals surface area contributed by atoms with Gasteiger partial charge in [-0.2, -0.15) is 5.10 Å². The maximum atomic E-state index is 4.36. The molecule has 1 unspecified atom stereocenters. The average molecular weight is 247 g/mol. The summed E-state index contributed by atoms with van der Waals surface area (Å²) in [5.41, 5.74) is 2.06. The summed E-state index contributed by atoms with van der Waals surface area (Å²) in [4.78, 5) is 0. The van der Waals surface area contributed by atoms with Crippen LogP contribution in [0.5, 0.6) is 0 Å². The van der Waals surface area contributed by atoms with Gasteiger partial charge in [-0.05, 0) is 42.9 Å². The smallest absolute Gasteiger partial charge is 0.0729 e. The van der Waals surface area contributed by atoms with E-state index < -0.39 is 0 Å². The monoisotopic (exact) mass is 247 g/mol. The average Bonchev–Trinajstić information content (AvgIpc) is 2.95. The van der Waals surface area contributed by atoms with E-state index in [0.717, 1.165) is 12.5 Å². The van der Waals surface area contributed by atoms with E-state index in [9.17, 15) is 0 Å². The summed E-state index contributed by atoms with van der Waals surface area (Å²) in [5, 5.41) is 8.14. The van der Waals surface area contributed by atoms with Crippen LogP contribution in [-0.2, 0) is 6.54 Å². The van der Waals surface area contributed by atoms with Gasteiger partial charge in [0.25, 0.3) is 0 Å². The highest BCUT2D eigenvalue weighted by Gasteiger charge is 2.59.